The highest BCUT2D eigenvalue weighted by molar-refractivity contribution is 7.94. The Hall–Kier alpha value is -1.20. The minimum atomic E-state index is -4.01. The molecular weight excluding hydrogens is 432 g/mol. The van der Waals surface area contributed by atoms with Crippen LogP contribution in [0.1, 0.15) is 19.8 Å². The summed E-state index contributed by atoms with van der Waals surface area (Å²) in [6, 6.07) is 5.66. The number of nitrogens with zero attached hydrogens (tertiary/aromatic N) is 1. The van der Waals surface area contributed by atoms with Gasteiger partial charge in [-0.25, -0.2) is 21.8 Å². The van der Waals surface area contributed by atoms with E-state index >= 15 is 0 Å². The van der Waals surface area contributed by atoms with Crippen LogP contribution < -0.4 is 5.32 Å². The van der Waals surface area contributed by atoms with Gasteiger partial charge in [0.1, 0.15) is 5.00 Å². The molecule has 2 aromatic rings. The smallest absolute Gasteiger partial charge is 0.226 e. The van der Waals surface area contributed by atoms with E-state index in [2.05, 4.69) is 10.3 Å². The lowest BCUT2D eigenvalue weighted by molar-refractivity contribution is 0.120. The topological polar surface area (TPSA) is 102 Å². The van der Waals surface area contributed by atoms with Gasteiger partial charge in [-0.3, -0.25) is 0 Å². The summed E-state index contributed by atoms with van der Waals surface area (Å²) in [7, 11) is -7.64. The fourth-order valence-electron chi connectivity index (χ4n) is 2.58. The molecule has 11 heteroatoms. The van der Waals surface area contributed by atoms with Crippen molar-refractivity contribution in [3.8, 4) is 0 Å². The maximum atomic E-state index is 13.0. The molecule has 0 radical (unpaired) electrons. The molecule has 1 aliphatic rings. The molecule has 1 saturated heterocycles. The van der Waals surface area contributed by atoms with Gasteiger partial charge in [-0.1, -0.05) is 29.9 Å². The molecule has 2 heterocycles. The predicted octanol–water partition coefficient (Wildman–Crippen LogP) is 3.01. The first-order chi connectivity index (χ1) is 12.7. The van der Waals surface area contributed by atoms with Gasteiger partial charge in [0.05, 0.1) is 16.8 Å². The van der Waals surface area contributed by atoms with Crippen LogP contribution in [0.2, 0.25) is 5.02 Å². The Morgan fingerprint density at radius 2 is 1.96 bits per heavy atom. The number of hydrogen-bond acceptors (Lipinski definition) is 8. The highest BCUT2D eigenvalue weighted by Crippen LogP contribution is 2.35. The average molecular weight is 451 g/mol. The first-order valence-corrected chi connectivity index (χ1v) is 12.7. The molecule has 1 atom stereocenters. The zero-order valence-electron chi connectivity index (χ0n) is 14.5. The summed E-state index contributed by atoms with van der Waals surface area (Å²) in [4.78, 5) is 3.97. The Kier molecular flexibility index (Phi) is 6.11. The zero-order chi connectivity index (χ0) is 19.7. The molecule has 1 N–H and O–H groups in total. The van der Waals surface area contributed by atoms with E-state index in [9.17, 15) is 16.8 Å². The third kappa shape index (κ3) is 4.45. The number of ether oxygens (including phenoxy) is 1. The van der Waals surface area contributed by atoms with Crippen LogP contribution in [-0.2, 0) is 24.4 Å². The van der Waals surface area contributed by atoms with Crippen LogP contribution in [0.3, 0.4) is 0 Å². The highest BCUT2D eigenvalue weighted by atomic mass is 35.5. The fraction of sp³-hybridized carbons (Fsp3) is 0.438. The lowest BCUT2D eigenvalue weighted by Gasteiger charge is -2.11. The third-order valence-electron chi connectivity index (χ3n) is 4.12. The van der Waals surface area contributed by atoms with Gasteiger partial charge in [0.15, 0.2) is 5.03 Å². The van der Waals surface area contributed by atoms with Crippen molar-refractivity contribution in [2.45, 2.75) is 40.1 Å². The maximum Gasteiger partial charge on any atom is 0.226 e. The Morgan fingerprint density at radius 3 is 2.56 bits per heavy atom. The van der Waals surface area contributed by atoms with Gasteiger partial charge in [0.25, 0.3) is 0 Å². The Balaban J connectivity index is 2.01. The van der Waals surface area contributed by atoms with Crippen LogP contribution in [0.25, 0.3) is 0 Å². The Bertz CT molecular complexity index is 1010. The number of anilines is 1. The lowest BCUT2D eigenvalue weighted by atomic mass is 10.2. The first kappa shape index (κ1) is 20.5. The predicted molar refractivity (Wildman–Crippen MR) is 104 cm³/mol. The number of nitrogens with one attached hydrogen (secondary N) is 1. The summed E-state index contributed by atoms with van der Waals surface area (Å²) < 4.78 is 55.8. The molecular formula is C16H19ClN2O5S3. The van der Waals surface area contributed by atoms with Crippen molar-refractivity contribution in [3.05, 3.63) is 29.3 Å². The third-order valence-corrected chi connectivity index (χ3v) is 9.40. The van der Waals surface area contributed by atoms with Crippen LogP contribution in [0.4, 0.5) is 5.00 Å². The number of benzene rings is 1. The van der Waals surface area contributed by atoms with Crippen molar-refractivity contribution in [3.63, 3.8) is 0 Å². The van der Waals surface area contributed by atoms with Crippen LogP contribution in [-0.4, -0.2) is 46.8 Å². The van der Waals surface area contributed by atoms with Gasteiger partial charge in [-0.15, -0.1) is 0 Å². The number of rotatable bonds is 7. The number of halogens is 1. The van der Waals surface area contributed by atoms with E-state index in [1.165, 1.54) is 31.2 Å². The van der Waals surface area contributed by atoms with Gasteiger partial charge in [-0.2, -0.15) is 0 Å². The van der Waals surface area contributed by atoms with E-state index in [4.69, 9.17) is 16.3 Å². The summed E-state index contributed by atoms with van der Waals surface area (Å²) >= 11 is 6.66. The number of sulfone groups is 2. The molecule has 7 nitrogen and oxygen atoms in total. The van der Waals surface area contributed by atoms with Gasteiger partial charge in [-0.05, 0) is 37.1 Å². The zero-order valence-corrected chi connectivity index (χ0v) is 17.7. The standard InChI is InChI=1S/C16H19ClN2O5S3/c1-2-26(20,21)16-19-15(14(25-16)18-10-12-4-3-9-24-12)27(22,23)13-7-5-11(17)6-8-13/h5-8,12,18H,2-4,9-10H2,1H3/t12-/m1/s1. The maximum absolute atomic E-state index is 13.0. The van der Waals surface area contributed by atoms with E-state index in [0.29, 0.717) is 18.2 Å². The summed E-state index contributed by atoms with van der Waals surface area (Å²) in [5.41, 5.74) is 0. The Labute approximate surface area is 167 Å². The van der Waals surface area contributed by atoms with Crippen molar-refractivity contribution in [2.75, 3.05) is 24.2 Å². The second kappa shape index (κ2) is 8.04. The second-order valence-corrected chi connectivity index (χ2v) is 11.7. The molecule has 3 rings (SSSR count). The molecule has 1 aliphatic heterocycles. The van der Waals surface area contributed by atoms with E-state index in [0.717, 1.165) is 24.2 Å². The molecule has 1 fully saturated rings. The van der Waals surface area contributed by atoms with Crippen molar-refractivity contribution >= 4 is 47.6 Å². The molecule has 148 valence electrons. The van der Waals surface area contributed by atoms with Gasteiger partial charge in [0, 0.05) is 18.2 Å². The van der Waals surface area contributed by atoms with Gasteiger partial charge in [0.2, 0.25) is 24.0 Å². The van der Waals surface area contributed by atoms with Crippen LogP contribution in [0, 0.1) is 0 Å². The van der Waals surface area contributed by atoms with Crippen molar-refractivity contribution < 1.29 is 21.6 Å². The molecule has 0 saturated carbocycles. The fourth-order valence-corrected chi connectivity index (χ4v) is 6.70. The summed E-state index contributed by atoms with van der Waals surface area (Å²) in [6.07, 6.45) is 1.77. The first-order valence-electron chi connectivity index (χ1n) is 8.34. The summed E-state index contributed by atoms with van der Waals surface area (Å²) in [6.45, 7) is 2.54. The van der Waals surface area contributed by atoms with Crippen LogP contribution in [0.5, 0.6) is 0 Å². The van der Waals surface area contributed by atoms with E-state index in [-0.39, 0.29) is 31.1 Å². The summed E-state index contributed by atoms with van der Waals surface area (Å²) in [5, 5.41) is 3.33. The molecule has 0 bridgehead atoms. The number of aromatic nitrogens is 1. The highest BCUT2D eigenvalue weighted by Gasteiger charge is 2.30. The van der Waals surface area contributed by atoms with Crippen molar-refractivity contribution in [1.29, 1.82) is 0 Å². The molecule has 0 aliphatic carbocycles. The quantitative estimate of drug-likeness (QED) is 0.691. The Morgan fingerprint density at radius 1 is 1.26 bits per heavy atom. The summed E-state index contributed by atoms with van der Waals surface area (Å²) in [5.74, 6) is -0.161. The monoisotopic (exact) mass is 450 g/mol. The molecule has 0 spiro atoms. The molecule has 1 aromatic carbocycles. The van der Waals surface area contributed by atoms with Gasteiger partial charge >= 0.3 is 0 Å². The minimum absolute atomic E-state index is 0.00203. The minimum Gasteiger partial charge on any atom is -0.376 e. The molecule has 0 amide bonds. The average Bonchev–Trinajstić information content (AvgIpc) is 3.30. The largest absolute Gasteiger partial charge is 0.376 e. The lowest BCUT2D eigenvalue weighted by Crippen LogP contribution is -2.19. The molecule has 27 heavy (non-hydrogen) atoms. The van der Waals surface area contributed by atoms with E-state index in [1.807, 2.05) is 0 Å². The van der Waals surface area contributed by atoms with Crippen LogP contribution >= 0.6 is 22.9 Å². The normalized spacial score (nSPS) is 17.9. The number of hydrogen-bond donors (Lipinski definition) is 1. The SMILES string of the molecule is CCS(=O)(=O)c1nc(S(=O)(=O)c2ccc(Cl)cc2)c(NC[C@H]2CCCO2)s1. The molecule has 1 aromatic heterocycles. The molecule has 0 unspecified atom stereocenters. The number of thiazole rings is 1. The van der Waals surface area contributed by atoms with Gasteiger partial charge < -0.3 is 10.1 Å². The van der Waals surface area contributed by atoms with Crippen molar-refractivity contribution in [2.24, 2.45) is 0 Å². The van der Waals surface area contributed by atoms with E-state index < -0.39 is 19.7 Å². The van der Waals surface area contributed by atoms with E-state index in [1.54, 1.807) is 0 Å². The van der Waals surface area contributed by atoms with Crippen molar-refractivity contribution in [1.82, 2.24) is 4.98 Å². The van der Waals surface area contributed by atoms with Crippen LogP contribution in [0.15, 0.2) is 38.5 Å². The second-order valence-electron chi connectivity index (χ2n) is 5.99.